The fourth-order valence-electron chi connectivity index (χ4n) is 12.5. The molecule has 0 aromatic heterocycles. The number of esters is 1. The van der Waals surface area contributed by atoms with E-state index in [2.05, 4.69) is 55.4 Å². The Morgan fingerprint density at radius 1 is 0.829 bits per heavy atom. The van der Waals surface area contributed by atoms with Crippen LogP contribution >= 0.6 is 0 Å². The number of hydrogen-bond acceptors (Lipinski definition) is 3. The highest BCUT2D eigenvalue weighted by molar-refractivity contribution is 5.66. The largest absolute Gasteiger partial charge is 0.462 e. The predicted octanol–water partition coefficient (Wildman–Crippen LogP) is 7.81. The van der Waals surface area contributed by atoms with Crippen molar-refractivity contribution in [2.24, 2.45) is 56.7 Å². The highest BCUT2D eigenvalue weighted by atomic mass is 16.6. The quantitative estimate of drug-likeness (QED) is 0.281. The minimum absolute atomic E-state index is 0.0493. The van der Waals surface area contributed by atoms with Crippen molar-refractivity contribution in [3.8, 4) is 0 Å². The molecule has 0 radical (unpaired) electrons. The van der Waals surface area contributed by atoms with E-state index >= 15 is 0 Å². The van der Waals surface area contributed by atoms with Crippen molar-refractivity contribution in [3.63, 3.8) is 0 Å². The Morgan fingerprint density at radius 3 is 2.23 bits per heavy atom. The molecule has 0 aromatic rings. The molecule has 3 heteroatoms. The van der Waals surface area contributed by atoms with Crippen LogP contribution in [0.15, 0.2) is 0 Å². The fourth-order valence-corrected chi connectivity index (χ4v) is 12.5. The second-order valence-corrected chi connectivity index (χ2v) is 16.1. The van der Waals surface area contributed by atoms with Gasteiger partial charge in [-0.15, -0.1) is 0 Å². The van der Waals surface area contributed by atoms with E-state index in [1.807, 2.05) is 0 Å². The van der Waals surface area contributed by atoms with Gasteiger partial charge < -0.3 is 9.47 Å². The molecule has 35 heavy (non-hydrogen) atoms. The summed E-state index contributed by atoms with van der Waals surface area (Å²) in [5, 5.41) is 0. The SMILES string of the molecule is CC(=O)OC1CCC2(C)C(CCC3(C)C2CCC2C4C(C)C5(C)OC5CC4(C)CCC23C)C1(C)C. The molecule has 1 heterocycles. The summed E-state index contributed by atoms with van der Waals surface area (Å²) in [7, 11) is 0. The van der Waals surface area contributed by atoms with Gasteiger partial charge in [-0.2, -0.15) is 0 Å². The summed E-state index contributed by atoms with van der Waals surface area (Å²) in [5.41, 5.74) is 1.80. The minimum atomic E-state index is -0.109. The summed E-state index contributed by atoms with van der Waals surface area (Å²) in [6, 6.07) is 0. The van der Waals surface area contributed by atoms with E-state index in [9.17, 15) is 4.79 Å². The molecular formula is C32H52O3. The number of carbonyl (C=O) groups excluding carboxylic acids is 1. The van der Waals surface area contributed by atoms with Gasteiger partial charge in [-0.1, -0.05) is 48.5 Å². The van der Waals surface area contributed by atoms with E-state index in [0.717, 1.165) is 24.2 Å². The summed E-state index contributed by atoms with van der Waals surface area (Å²) in [6.07, 6.45) is 12.3. The Kier molecular flexibility index (Phi) is 5.01. The number of carbonyl (C=O) groups is 1. The van der Waals surface area contributed by atoms with Crippen molar-refractivity contribution in [2.75, 3.05) is 0 Å². The van der Waals surface area contributed by atoms with Crippen LogP contribution in [-0.2, 0) is 14.3 Å². The lowest BCUT2D eigenvalue weighted by molar-refractivity contribution is -0.256. The molecule has 0 aromatic carbocycles. The molecule has 3 nitrogen and oxygen atoms in total. The lowest BCUT2D eigenvalue weighted by atomic mass is 9.31. The standard InChI is InChI=1S/C32H52O3/c1-19-26-21-10-11-23-29(6)14-13-24(34-20(2)33)27(3,4)22(29)12-15-31(23,8)30(21,7)17-16-28(26,5)18-25-32(19,9)35-25/h19,21-26H,10-18H2,1-9H3. The van der Waals surface area contributed by atoms with E-state index in [0.29, 0.717) is 39.6 Å². The van der Waals surface area contributed by atoms with Crippen molar-refractivity contribution in [2.45, 2.75) is 138 Å². The topological polar surface area (TPSA) is 38.8 Å². The summed E-state index contributed by atoms with van der Waals surface area (Å²) in [5.74, 6) is 3.59. The molecule has 0 N–H and O–H groups in total. The zero-order valence-electron chi connectivity index (χ0n) is 24.1. The smallest absolute Gasteiger partial charge is 0.302 e. The second-order valence-electron chi connectivity index (χ2n) is 16.1. The molecule has 1 saturated heterocycles. The number of epoxide rings is 1. The lowest BCUT2D eigenvalue weighted by Gasteiger charge is -2.73. The van der Waals surface area contributed by atoms with Crippen molar-refractivity contribution in [3.05, 3.63) is 0 Å². The molecule has 6 aliphatic rings. The average molecular weight is 485 g/mol. The molecule has 0 bridgehead atoms. The maximum atomic E-state index is 11.9. The highest BCUT2D eigenvalue weighted by Gasteiger charge is 2.74. The monoisotopic (exact) mass is 484 g/mol. The van der Waals surface area contributed by atoms with Gasteiger partial charge in [-0.05, 0) is 116 Å². The van der Waals surface area contributed by atoms with Crippen LogP contribution in [0.3, 0.4) is 0 Å². The number of fused-ring (bicyclic) bond motifs is 8. The summed E-state index contributed by atoms with van der Waals surface area (Å²) in [4.78, 5) is 11.9. The third kappa shape index (κ3) is 2.92. The first-order valence-corrected chi connectivity index (χ1v) is 15.0. The van der Waals surface area contributed by atoms with Crippen LogP contribution in [0.4, 0.5) is 0 Å². The maximum absolute atomic E-state index is 11.9. The van der Waals surface area contributed by atoms with Gasteiger partial charge in [-0.3, -0.25) is 4.79 Å². The molecule has 1 aliphatic heterocycles. The van der Waals surface area contributed by atoms with E-state index in [-0.39, 0.29) is 23.1 Å². The molecule has 6 fully saturated rings. The van der Waals surface area contributed by atoms with Gasteiger partial charge in [0.25, 0.3) is 0 Å². The van der Waals surface area contributed by atoms with Crippen molar-refractivity contribution in [1.82, 2.24) is 0 Å². The Bertz CT molecular complexity index is 926. The first-order chi connectivity index (χ1) is 16.1. The third-order valence-corrected chi connectivity index (χ3v) is 14.7. The Hall–Kier alpha value is -0.570. The van der Waals surface area contributed by atoms with E-state index in [4.69, 9.17) is 9.47 Å². The predicted molar refractivity (Wildman–Crippen MR) is 140 cm³/mol. The van der Waals surface area contributed by atoms with Gasteiger partial charge in [0.1, 0.15) is 6.10 Å². The molecule has 5 aliphatic carbocycles. The fraction of sp³-hybridized carbons (Fsp3) is 0.969. The Morgan fingerprint density at radius 2 is 1.54 bits per heavy atom. The lowest BCUT2D eigenvalue weighted by Crippen LogP contribution is -2.67. The zero-order valence-corrected chi connectivity index (χ0v) is 24.1. The second kappa shape index (κ2) is 7.09. The van der Waals surface area contributed by atoms with Crippen molar-refractivity contribution in [1.29, 1.82) is 0 Å². The number of ether oxygens (including phenoxy) is 2. The van der Waals surface area contributed by atoms with Gasteiger partial charge in [0.05, 0.1) is 11.7 Å². The number of hydrogen-bond donors (Lipinski definition) is 0. The van der Waals surface area contributed by atoms with Gasteiger partial charge in [0, 0.05) is 12.3 Å². The van der Waals surface area contributed by atoms with Crippen LogP contribution in [-0.4, -0.2) is 23.8 Å². The molecule has 0 spiro atoms. The molecular weight excluding hydrogens is 432 g/mol. The van der Waals surface area contributed by atoms with Gasteiger partial charge in [0.15, 0.2) is 0 Å². The molecule has 198 valence electrons. The van der Waals surface area contributed by atoms with Crippen LogP contribution in [0.5, 0.6) is 0 Å². The molecule has 0 amide bonds. The minimum Gasteiger partial charge on any atom is -0.462 e. The first-order valence-electron chi connectivity index (χ1n) is 15.0. The Labute approximate surface area is 214 Å². The Balaban J connectivity index is 1.35. The summed E-state index contributed by atoms with van der Waals surface area (Å²) < 4.78 is 12.3. The van der Waals surface area contributed by atoms with E-state index in [1.54, 1.807) is 6.92 Å². The highest BCUT2D eigenvalue weighted by Crippen LogP contribution is 2.78. The normalized spacial score (nSPS) is 60.2. The van der Waals surface area contributed by atoms with Gasteiger partial charge in [0.2, 0.25) is 0 Å². The van der Waals surface area contributed by atoms with E-state index < -0.39 is 0 Å². The molecule has 12 atom stereocenters. The van der Waals surface area contributed by atoms with Crippen LogP contribution in [0.1, 0.15) is 120 Å². The summed E-state index contributed by atoms with van der Waals surface area (Å²) in [6.45, 7) is 22.1. The third-order valence-electron chi connectivity index (χ3n) is 14.7. The average Bonchev–Trinajstić information content (AvgIpc) is 3.41. The summed E-state index contributed by atoms with van der Waals surface area (Å²) >= 11 is 0. The molecule has 12 unspecified atom stereocenters. The van der Waals surface area contributed by atoms with Crippen LogP contribution in [0, 0.1) is 56.7 Å². The molecule has 6 rings (SSSR count). The van der Waals surface area contributed by atoms with Gasteiger partial charge in [-0.25, -0.2) is 0 Å². The van der Waals surface area contributed by atoms with Crippen LogP contribution in [0.25, 0.3) is 0 Å². The first kappa shape index (κ1) is 24.7. The maximum Gasteiger partial charge on any atom is 0.302 e. The zero-order chi connectivity index (χ0) is 25.4. The van der Waals surface area contributed by atoms with Crippen LogP contribution in [0.2, 0.25) is 0 Å². The van der Waals surface area contributed by atoms with Crippen LogP contribution < -0.4 is 0 Å². The number of rotatable bonds is 1. The van der Waals surface area contributed by atoms with E-state index in [1.165, 1.54) is 51.4 Å². The molecule has 5 saturated carbocycles. The van der Waals surface area contributed by atoms with Crippen molar-refractivity contribution >= 4 is 5.97 Å². The van der Waals surface area contributed by atoms with Crippen molar-refractivity contribution < 1.29 is 14.3 Å². The van der Waals surface area contributed by atoms with Gasteiger partial charge >= 0.3 is 5.97 Å².